The van der Waals surface area contributed by atoms with Crippen molar-refractivity contribution in [3.8, 4) is 0 Å². The van der Waals surface area contributed by atoms with E-state index in [0.717, 1.165) is 31.3 Å². The molecule has 3 heteroatoms. The first-order chi connectivity index (χ1) is 9.01. The number of rotatable bonds is 8. The average molecular weight is 263 g/mol. The highest BCUT2D eigenvalue weighted by Crippen LogP contribution is 2.47. The van der Waals surface area contributed by atoms with Gasteiger partial charge in [-0.25, -0.2) is 4.98 Å². The number of aromatic nitrogens is 2. The molecule has 0 bridgehead atoms. The number of aryl methyl sites for hydroxylation is 2. The van der Waals surface area contributed by atoms with Crippen molar-refractivity contribution in [1.82, 2.24) is 14.9 Å². The summed E-state index contributed by atoms with van der Waals surface area (Å²) in [5.41, 5.74) is 0.445. The monoisotopic (exact) mass is 263 g/mol. The molecule has 0 radical (unpaired) electrons. The summed E-state index contributed by atoms with van der Waals surface area (Å²) >= 11 is 0. The van der Waals surface area contributed by atoms with Gasteiger partial charge in [0, 0.05) is 32.4 Å². The Kier molecular flexibility index (Phi) is 4.67. The largest absolute Gasteiger partial charge is 0.338 e. The van der Waals surface area contributed by atoms with Crippen LogP contribution in [0.25, 0.3) is 0 Å². The molecule has 1 aromatic heterocycles. The number of nitrogens with one attached hydrogen (secondary N) is 1. The second-order valence-corrected chi connectivity index (χ2v) is 6.91. The third-order valence-corrected chi connectivity index (χ3v) is 4.49. The van der Waals surface area contributed by atoms with E-state index in [1.165, 1.54) is 25.1 Å². The molecule has 1 heterocycles. The summed E-state index contributed by atoms with van der Waals surface area (Å²) in [6.07, 6.45) is 9.12. The maximum Gasteiger partial charge on any atom is 0.108 e. The standard InChI is InChI=1S/C16H29N3/c1-13(2)11-17-12-16(3,14-5-6-14)8-7-15-18-9-10-19(15)4/h9-10,13-14,17H,5-8,11-12H2,1-4H3. The molecule has 108 valence electrons. The predicted octanol–water partition coefficient (Wildman–Crippen LogP) is 3.01. The lowest BCUT2D eigenvalue weighted by atomic mass is 9.80. The van der Waals surface area contributed by atoms with Gasteiger partial charge < -0.3 is 9.88 Å². The first-order valence-corrected chi connectivity index (χ1v) is 7.68. The Morgan fingerprint density at radius 2 is 2.21 bits per heavy atom. The SMILES string of the molecule is CC(C)CNCC(C)(CCc1nccn1C)C1CC1. The molecule has 0 saturated heterocycles. The second kappa shape index (κ2) is 6.08. The fraction of sp³-hybridized carbons (Fsp3) is 0.812. The van der Waals surface area contributed by atoms with Crippen LogP contribution in [0.5, 0.6) is 0 Å². The minimum Gasteiger partial charge on any atom is -0.338 e. The van der Waals surface area contributed by atoms with Crippen LogP contribution in [0, 0.1) is 17.3 Å². The normalized spacial score (nSPS) is 18.8. The summed E-state index contributed by atoms with van der Waals surface area (Å²) in [4.78, 5) is 4.45. The van der Waals surface area contributed by atoms with Gasteiger partial charge in [0.05, 0.1) is 0 Å². The van der Waals surface area contributed by atoms with Crippen LogP contribution in [0.1, 0.15) is 45.9 Å². The zero-order valence-electron chi connectivity index (χ0n) is 12.9. The third kappa shape index (κ3) is 4.07. The maximum absolute atomic E-state index is 4.45. The van der Waals surface area contributed by atoms with E-state index in [-0.39, 0.29) is 0 Å². The highest BCUT2D eigenvalue weighted by molar-refractivity contribution is 4.97. The fourth-order valence-electron chi connectivity index (χ4n) is 2.90. The van der Waals surface area contributed by atoms with Crippen molar-refractivity contribution in [3.05, 3.63) is 18.2 Å². The minimum absolute atomic E-state index is 0.445. The summed E-state index contributed by atoms with van der Waals surface area (Å²) in [7, 11) is 2.09. The molecule has 1 fully saturated rings. The van der Waals surface area contributed by atoms with Gasteiger partial charge in [-0.2, -0.15) is 0 Å². The van der Waals surface area contributed by atoms with Gasteiger partial charge in [0.15, 0.2) is 0 Å². The van der Waals surface area contributed by atoms with Gasteiger partial charge in [-0.1, -0.05) is 20.8 Å². The Bertz CT molecular complexity index is 392. The van der Waals surface area contributed by atoms with E-state index in [1.807, 2.05) is 12.4 Å². The summed E-state index contributed by atoms with van der Waals surface area (Å²) in [5, 5.41) is 3.66. The third-order valence-electron chi connectivity index (χ3n) is 4.49. The van der Waals surface area contributed by atoms with Crippen molar-refractivity contribution in [2.24, 2.45) is 24.3 Å². The summed E-state index contributed by atoms with van der Waals surface area (Å²) < 4.78 is 2.15. The molecule has 1 N–H and O–H groups in total. The van der Waals surface area contributed by atoms with Crippen LogP contribution in [0.4, 0.5) is 0 Å². The van der Waals surface area contributed by atoms with E-state index in [9.17, 15) is 0 Å². The van der Waals surface area contributed by atoms with Crippen LogP contribution < -0.4 is 5.32 Å². The van der Waals surface area contributed by atoms with Crippen LogP contribution >= 0.6 is 0 Å². The number of nitrogens with zero attached hydrogens (tertiary/aromatic N) is 2. The van der Waals surface area contributed by atoms with Crippen molar-refractivity contribution < 1.29 is 0 Å². The van der Waals surface area contributed by atoms with Gasteiger partial charge in [0.2, 0.25) is 0 Å². The molecule has 1 aromatic rings. The van der Waals surface area contributed by atoms with Crippen LogP contribution in [0.3, 0.4) is 0 Å². The Labute approximate surface area is 117 Å². The predicted molar refractivity (Wildman–Crippen MR) is 80.1 cm³/mol. The van der Waals surface area contributed by atoms with Crippen molar-refractivity contribution in [3.63, 3.8) is 0 Å². The highest BCUT2D eigenvalue weighted by atomic mass is 15.0. The van der Waals surface area contributed by atoms with Gasteiger partial charge in [-0.3, -0.25) is 0 Å². The average Bonchev–Trinajstić information content (AvgIpc) is 3.11. The molecule has 1 unspecified atom stereocenters. The summed E-state index contributed by atoms with van der Waals surface area (Å²) in [5.74, 6) is 2.88. The van der Waals surface area contributed by atoms with Gasteiger partial charge in [0.25, 0.3) is 0 Å². The van der Waals surface area contributed by atoms with E-state index in [1.54, 1.807) is 0 Å². The minimum atomic E-state index is 0.445. The highest BCUT2D eigenvalue weighted by Gasteiger charge is 2.40. The van der Waals surface area contributed by atoms with Crippen LogP contribution in [0.2, 0.25) is 0 Å². The Morgan fingerprint density at radius 3 is 2.74 bits per heavy atom. The smallest absolute Gasteiger partial charge is 0.108 e. The molecule has 1 atom stereocenters. The van der Waals surface area contributed by atoms with E-state index < -0.39 is 0 Å². The fourth-order valence-corrected chi connectivity index (χ4v) is 2.90. The Balaban J connectivity index is 1.86. The molecule has 19 heavy (non-hydrogen) atoms. The van der Waals surface area contributed by atoms with Crippen LogP contribution in [-0.2, 0) is 13.5 Å². The molecule has 2 rings (SSSR count). The van der Waals surface area contributed by atoms with Crippen molar-refractivity contribution >= 4 is 0 Å². The molecule has 0 aliphatic heterocycles. The topological polar surface area (TPSA) is 29.9 Å². The molecule has 1 saturated carbocycles. The number of hydrogen-bond acceptors (Lipinski definition) is 2. The van der Waals surface area contributed by atoms with Crippen LogP contribution in [0.15, 0.2) is 12.4 Å². The zero-order chi connectivity index (χ0) is 13.9. The summed E-state index contributed by atoms with van der Waals surface area (Å²) in [6.45, 7) is 9.29. The van der Waals surface area contributed by atoms with E-state index in [0.29, 0.717) is 5.41 Å². The molecule has 0 amide bonds. The molecule has 0 spiro atoms. The number of hydrogen-bond donors (Lipinski definition) is 1. The van der Waals surface area contributed by atoms with Gasteiger partial charge in [-0.15, -0.1) is 0 Å². The lowest BCUT2D eigenvalue weighted by Gasteiger charge is -2.30. The van der Waals surface area contributed by atoms with Crippen molar-refractivity contribution in [2.45, 2.75) is 46.5 Å². The molecule has 1 aliphatic rings. The van der Waals surface area contributed by atoms with Crippen molar-refractivity contribution in [1.29, 1.82) is 0 Å². The van der Waals surface area contributed by atoms with Gasteiger partial charge in [0.1, 0.15) is 5.82 Å². The molecule has 3 nitrogen and oxygen atoms in total. The number of imidazole rings is 1. The molecular formula is C16H29N3. The molecule has 1 aliphatic carbocycles. The maximum atomic E-state index is 4.45. The summed E-state index contributed by atoms with van der Waals surface area (Å²) in [6, 6.07) is 0. The Hall–Kier alpha value is -0.830. The van der Waals surface area contributed by atoms with Crippen molar-refractivity contribution in [2.75, 3.05) is 13.1 Å². The van der Waals surface area contributed by atoms with E-state index in [4.69, 9.17) is 0 Å². The van der Waals surface area contributed by atoms with Gasteiger partial charge >= 0.3 is 0 Å². The van der Waals surface area contributed by atoms with Crippen LogP contribution in [-0.4, -0.2) is 22.6 Å². The molecular weight excluding hydrogens is 234 g/mol. The van der Waals surface area contributed by atoms with Gasteiger partial charge in [-0.05, 0) is 43.1 Å². The quantitative estimate of drug-likeness (QED) is 0.781. The van der Waals surface area contributed by atoms with E-state index >= 15 is 0 Å². The lowest BCUT2D eigenvalue weighted by Crippen LogP contribution is -2.36. The zero-order valence-corrected chi connectivity index (χ0v) is 12.9. The van der Waals surface area contributed by atoms with E-state index in [2.05, 4.69) is 42.7 Å². The Morgan fingerprint density at radius 1 is 1.47 bits per heavy atom. The molecule has 0 aromatic carbocycles. The first-order valence-electron chi connectivity index (χ1n) is 7.68. The second-order valence-electron chi connectivity index (χ2n) is 6.91. The first kappa shape index (κ1) is 14.6. The lowest BCUT2D eigenvalue weighted by molar-refractivity contribution is 0.231.